The van der Waals surface area contributed by atoms with Gasteiger partial charge in [-0.2, -0.15) is 5.10 Å². The topological polar surface area (TPSA) is 76.6 Å². The van der Waals surface area contributed by atoms with Crippen LogP contribution in [0.4, 0.5) is 0 Å². The van der Waals surface area contributed by atoms with Gasteiger partial charge in [0.25, 0.3) is 0 Å². The van der Waals surface area contributed by atoms with E-state index in [4.69, 9.17) is 9.15 Å². The summed E-state index contributed by atoms with van der Waals surface area (Å²) in [7, 11) is 1.93. The number of furan rings is 1. The molecular formula is C17H26IN5O2. The minimum Gasteiger partial charge on any atom is -0.469 e. The van der Waals surface area contributed by atoms with Crippen LogP contribution in [0.2, 0.25) is 0 Å². The third-order valence-corrected chi connectivity index (χ3v) is 4.15. The average molecular weight is 459 g/mol. The zero-order valence-electron chi connectivity index (χ0n) is 14.5. The molecule has 1 saturated heterocycles. The molecule has 0 amide bonds. The number of nitrogens with one attached hydrogen (secondary N) is 2. The molecule has 0 spiro atoms. The van der Waals surface area contributed by atoms with Crippen LogP contribution in [0.1, 0.15) is 17.9 Å². The standard InChI is InChI=1S/C17H25N5O2.HI/c1-22-15(4-8-21-22)12-20-17(19-11-14-6-10-23-13-14)18-7-5-16-3-2-9-24-16;/h2-4,8-9,14H,5-7,10-13H2,1H3,(H2,18,19,20);1H. The molecule has 0 saturated carbocycles. The van der Waals surface area contributed by atoms with E-state index in [0.29, 0.717) is 12.5 Å². The molecule has 0 bridgehead atoms. The fourth-order valence-electron chi connectivity index (χ4n) is 2.64. The Morgan fingerprint density at radius 3 is 3.00 bits per heavy atom. The van der Waals surface area contributed by atoms with Gasteiger partial charge in [0, 0.05) is 45.3 Å². The molecular weight excluding hydrogens is 433 g/mol. The van der Waals surface area contributed by atoms with E-state index in [-0.39, 0.29) is 24.0 Å². The summed E-state index contributed by atoms with van der Waals surface area (Å²) in [6.07, 6.45) is 5.42. The molecule has 2 aromatic rings. The van der Waals surface area contributed by atoms with Gasteiger partial charge < -0.3 is 19.8 Å². The highest BCUT2D eigenvalue weighted by Gasteiger charge is 2.15. The van der Waals surface area contributed by atoms with E-state index in [1.165, 1.54) is 0 Å². The second-order valence-electron chi connectivity index (χ2n) is 5.98. The fraction of sp³-hybridized carbons (Fsp3) is 0.529. The molecule has 1 aliphatic heterocycles. The lowest BCUT2D eigenvalue weighted by molar-refractivity contribution is 0.186. The van der Waals surface area contributed by atoms with Gasteiger partial charge in [0.2, 0.25) is 0 Å². The van der Waals surface area contributed by atoms with Crippen LogP contribution in [0.5, 0.6) is 0 Å². The molecule has 2 N–H and O–H groups in total. The Morgan fingerprint density at radius 2 is 2.32 bits per heavy atom. The minimum absolute atomic E-state index is 0. The molecule has 0 radical (unpaired) electrons. The summed E-state index contributed by atoms with van der Waals surface area (Å²) in [6.45, 7) is 3.92. The summed E-state index contributed by atoms with van der Waals surface area (Å²) < 4.78 is 12.6. The number of ether oxygens (including phenoxy) is 1. The first-order valence-corrected chi connectivity index (χ1v) is 8.40. The first-order chi connectivity index (χ1) is 11.8. The highest BCUT2D eigenvalue weighted by Crippen LogP contribution is 2.10. The number of nitrogens with zero attached hydrogens (tertiary/aromatic N) is 3. The summed E-state index contributed by atoms with van der Waals surface area (Å²) >= 11 is 0. The summed E-state index contributed by atoms with van der Waals surface area (Å²) in [5, 5.41) is 11.0. The molecule has 8 heteroatoms. The van der Waals surface area contributed by atoms with Crippen LogP contribution in [-0.2, 0) is 24.8 Å². The van der Waals surface area contributed by atoms with Crippen LogP contribution in [-0.4, -0.2) is 42.0 Å². The van der Waals surface area contributed by atoms with Crippen molar-refractivity contribution in [1.29, 1.82) is 0 Å². The van der Waals surface area contributed by atoms with E-state index in [2.05, 4.69) is 20.7 Å². The van der Waals surface area contributed by atoms with Crippen LogP contribution in [0.25, 0.3) is 0 Å². The highest BCUT2D eigenvalue weighted by atomic mass is 127. The number of guanidine groups is 1. The zero-order valence-corrected chi connectivity index (χ0v) is 16.8. The molecule has 1 atom stereocenters. The lowest BCUT2D eigenvalue weighted by atomic mass is 10.1. The molecule has 25 heavy (non-hydrogen) atoms. The van der Waals surface area contributed by atoms with Crippen LogP contribution in [0.3, 0.4) is 0 Å². The van der Waals surface area contributed by atoms with E-state index >= 15 is 0 Å². The van der Waals surface area contributed by atoms with Crippen LogP contribution >= 0.6 is 24.0 Å². The number of rotatable bonds is 7. The summed E-state index contributed by atoms with van der Waals surface area (Å²) in [4.78, 5) is 4.67. The first kappa shape index (κ1) is 19.8. The van der Waals surface area contributed by atoms with Crippen molar-refractivity contribution >= 4 is 29.9 Å². The van der Waals surface area contributed by atoms with Crippen molar-refractivity contribution in [2.75, 3.05) is 26.3 Å². The minimum atomic E-state index is 0. The van der Waals surface area contributed by atoms with E-state index in [1.807, 2.05) is 29.9 Å². The lowest BCUT2D eigenvalue weighted by Crippen LogP contribution is -2.41. The Hall–Kier alpha value is -1.55. The molecule has 3 rings (SSSR count). The number of aryl methyl sites for hydroxylation is 1. The Labute approximate surface area is 165 Å². The second-order valence-corrected chi connectivity index (χ2v) is 5.98. The van der Waals surface area contributed by atoms with Crippen molar-refractivity contribution < 1.29 is 9.15 Å². The molecule has 138 valence electrons. The normalized spacial score (nSPS) is 17.3. The van der Waals surface area contributed by atoms with Crippen molar-refractivity contribution in [3.05, 3.63) is 42.1 Å². The van der Waals surface area contributed by atoms with Gasteiger partial charge >= 0.3 is 0 Å². The Kier molecular flexibility index (Phi) is 8.26. The van der Waals surface area contributed by atoms with Crippen molar-refractivity contribution in [3.8, 4) is 0 Å². The highest BCUT2D eigenvalue weighted by molar-refractivity contribution is 14.0. The second kappa shape index (κ2) is 10.4. The van der Waals surface area contributed by atoms with Gasteiger partial charge in [-0.3, -0.25) is 4.68 Å². The Bertz CT molecular complexity index is 635. The average Bonchev–Trinajstić information content (AvgIpc) is 3.33. The van der Waals surface area contributed by atoms with Gasteiger partial charge in [0.15, 0.2) is 5.96 Å². The molecule has 2 aromatic heterocycles. The van der Waals surface area contributed by atoms with E-state index in [0.717, 1.165) is 56.6 Å². The predicted molar refractivity (Wildman–Crippen MR) is 107 cm³/mol. The summed E-state index contributed by atoms with van der Waals surface area (Å²) in [5.41, 5.74) is 1.08. The monoisotopic (exact) mass is 459 g/mol. The molecule has 0 aromatic carbocycles. The number of hydrogen-bond donors (Lipinski definition) is 2. The van der Waals surface area contributed by atoms with Gasteiger partial charge in [-0.25, -0.2) is 4.99 Å². The summed E-state index contributed by atoms with van der Waals surface area (Å²) in [5.74, 6) is 2.34. The SMILES string of the molecule is Cn1nccc1CN=C(NCCc1ccco1)NCC1CCOC1.I. The third-order valence-electron chi connectivity index (χ3n) is 4.15. The lowest BCUT2D eigenvalue weighted by Gasteiger charge is -2.15. The molecule has 7 nitrogen and oxygen atoms in total. The van der Waals surface area contributed by atoms with Gasteiger partial charge in [-0.05, 0) is 24.6 Å². The van der Waals surface area contributed by atoms with Crippen molar-refractivity contribution in [2.24, 2.45) is 18.0 Å². The van der Waals surface area contributed by atoms with Crippen LogP contribution in [0, 0.1) is 5.92 Å². The quantitative estimate of drug-likeness (QED) is 0.376. The van der Waals surface area contributed by atoms with Crippen molar-refractivity contribution in [2.45, 2.75) is 19.4 Å². The van der Waals surface area contributed by atoms with Crippen molar-refractivity contribution in [3.63, 3.8) is 0 Å². The van der Waals surface area contributed by atoms with Gasteiger partial charge in [0.05, 0.1) is 25.1 Å². The Balaban J connectivity index is 0.00000225. The Morgan fingerprint density at radius 1 is 1.40 bits per heavy atom. The van der Waals surface area contributed by atoms with Crippen LogP contribution in [0.15, 0.2) is 40.1 Å². The first-order valence-electron chi connectivity index (χ1n) is 8.40. The maximum Gasteiger partial charge on any atom is 0.191 e. The molecule has 1 aliphatic rings. The van der Waals surface area contributed by atoms with Crippen molar-refractivity contribution in [1.82, 2.24) is 20.4 Å². The van der Waals surface area contributed by atoms with E-state index in [9.17, 15) is 0 Å². The van der Waals surface area contributed by atoms with Gasteiger partial charge in [-0.15, -0.1) is 24.0 Å². The molecule has 3 heterocycles. The van der Waals surface area contributed by atoms with Gasteiger partial charge in [0.1, 0.15) is 5.76 Å². The zero-order chi connectivity index (χ0) is 16.6. The number of halogens is 1. The molecule has 1 unspecified atom stereocenters. The van der Waals surface area contributed by atoms with Gasteiger partial charge in [-0.1, -0.05) is 0 Å². The van der Waals surface area contributed by atoms with E-state index in [1.54, 1.807) is 12.5 Å². The predicted octanol–water partition coefficient (Wildman–Crippen LogP) is 1.95. The fourth-order valence-corrected chi connectivity index (χ4v) is 2.64. The largest absolute Gasteiger partial charge is 0.469 e. The number of aliphatic imine (C=N–C) groups is 1. The van der Waals surface area contributed by atoms with Crippen LogP contribution < -0.4 is 10.6 Å². The van der Waals surface area contributed by atoms with E-state index < -0.39 is 0 Å². The smallest absolute Gasteiger partial charge is 0.191 e. The maximum absolute atomic E-state index is 5.43. The molecule has 1 fully saturated rings. The molecule has 0 aliphatic carbocycles. The summed E-state index contributed by atoms with van der Waals surface area (Å²) in [6, 6.07) is 5.87. The number of aromatic nitrogens is 2. The number of hydrogen-bond acceptors (Lipinski definition) is 4. The third kappa shape index (κ3) is 6.35. The maximum atomic E-state index is 5.43.